The lowest BCUT2D eigenvalue weighted by atomic mass is 9.80. The first kappa shape index (κ1) is 16.6. The Morgan fingerprint density at radius 2 is 1.91 bits per heavy atom. The summed E-state index contributed by atoms with van der Waals surface area (Å²) in [5.41, 5.74) is 0.310. The summed E-state index contributed by atoms with van der Waals surface area (Å²) in [4.78, 5) is 11.9. The second kappa shape index (κ2) is 7.01. The highest BCUT2D eigenvalue weighted by Crippen LogP contribution is 2.30. The zero-order valence-corrected chi connectivity index (χ0v) is 13.6. The summed E-state index contributed by atoms with van der Waals surface area (Å²) in [6.45, 7) is 6.21. The standard InChI is InChI=1S/C17H26N2O3/c1-12(2)22-15-7-5-14(6-8-15)13(3)19-16(20)18-11-17(21)9-4-10-17/h5-8,12-13,21H,4,9-11H2,1-3H3,(H2,18,19,20). The van der Waals surface area contributed by atoms with Crippen molar-refractivity contribution in [3.8, 4) is 5.75 Å². The lowest BCUT2D eigenvalue weighted by molar-refractivity contribution is -0.0290. The number of hydrogen-bond acceptors (Lipinski definition) is 3. The molecule has 1 aliphatic carbocycles. The largest absolute Gasteiger partial charge is 0.491 e. The van der Waals surface area contributed by atoms with Gasteiger partial charge in [-0.05, 0) is 57.7 Å². The van der Waals surface area contributed by atoms with Crippen LogP contribution in [0.15, 0.2) is 24.3 Å². The summed E-state index contributed by atoms with van der Waals surface area (Å²) >= 11 is 0. The lowest BCUT2D eigenvalue weighted by Gasteiger charge is -2.36. The van der Waals surface area contributed by atoms with Gasteiger partial charge in [-0.1, -0.05) is 12.1 Å². The Hall–Kier alpha value is -1.75. The molecule has 1 saturated carbocycles. The number of hydrogen-bond donors (Lipinski definition) is 3. The van der Waals surface area contributed by atoms with E-state index in [1.54, 1.807) is 0 Å². The summed E-state index contributed by atoms with van der Waals surface area (Å²) < 4.78 is 5.60. The first-order valence-corrected chi connectivity index (χ1v) is 7.91. The van der Waals surface area contributed by atoms with E-state index in [1.807, 2.05) is 45.0 Å². The number of rotatable bonds is 6. The van der Waals surface area contributed by atoms with Gasteiger partial charge in [0.15, 0.2) is 0 Å². The lowest BCUT2D eigenvalue weighted by Crippen LogP contribution is -2.50. The maximum Gasteiger partial charge on any atom is 0.315 e. The Labute approximate surface area is 132 Å². The van der Waals surface area contributed by atoms with Crippen LogP contribution < -0.4 is 15.4 Å². The molecule has 2 amide bonds. The van der Waals surface area contributed by atoms with E-state index in [1.165, 1.54) is 0 Å². The summed E-state index contributed by atoms with van der Waals surface area (Å²) in [5.74, 6) is 0.822. The van der Waals surface area contributed by atoms with Gasteiger partial charge < -0.3 is 20.5 Å². The molecule has 0 radical (unpaired) electrons. The number of benzene rings is 1. The van der Waals surface area contributed by atoms with Crippen molar-refractivity contribution in [2.75, 3.05) is 6.54 Å². The van der Waals surface area contributed by atoms with E-state index in [-0.39, 0.29) is 18.2 Å². The van der Waals surface area contributed by atoms with E-state index in [9.17, 15) is 9.90 Å². The van der Waals surface area contributed by atoms with Crippen LogP contribution in [0.25, 0.3) is 0 Å². The van der Waals surface area contributed by atoms with Gasteiger partial charge in [0.05, 0.1) is 17.7 Å². The number of ether oxygens (including phenoxy) is 1. The Balaban J connectivity index is 1.80. The molecular weight excluding hydrogens is 280 g/mol. The summed E-state index contributed by atoms with van der Waals surface area (Å²) in [6.07, 6.45) is 2.70. The number of aliphatic hydroxyl groups is 1. The van der Waals surface area contributed by atoms with E-state index in [0.717, 1.165) is 30.6 Å². The van der Waals surface area contributed by atoms with Gasteiger partial charge >= 0.3 is 6.03 Å². The van der Waals surface area contributed by atoms with E-state index < -0.39 is 5.60 Å². The van der Waals surface area contributed by atoms with Crippen molar-refractivity contribution in [1.82, 2.24) is 10.6 Å². The molecule has 1 aliphatic rings. The second-order valence-electron chi connectivity index (χ2n) is 6.36. The molecule has 3 N–H and O–H groups in total. The van der Waals surface area contributed by atoms with Crippen molar-refractivity contribution in [3.05, 3.63) is 29.8 Å². The Morgan fingerprint density at radius 3 is 2.41 bits per heavy atom. The number of nitrogens with one attached hydrogen (secondary N) is 2. The average molecular weight is 306 g/mol. The highest BCUT2D eigenvalue weighted by Gasteiger charge is 2.34. The topological polar surface area (TPSA) is 70.6 Å². The molecule has 0 aromatic heterocycles. The van der Waals surface area contributed by atoms with Crippen LogP contribution in [-0.2, 0) is 0 Å². The predicted molar refractivity (Wildman–Crippen MR) is 86.0 cm³/mol. The van der Waals surface area contributed by atoms with Crippen molar-refractivity contribution in [1.29, 1.82) is 0 Å². The molecule has 1 fully saturated rings. The molecule has 1 aromatic carbocycles. The number of carbonyl (C=O) groups excluding carboxylic acids is 1. The zero-order chi connectivity index (χ0) is 16.2. The van der Waals surface area contributed by atoms with Crippen molar-refractivity contribution in [2.45, 2.75) is 57.8 Å². The second-order valence-corrected chi connectivity index (χ2v) is 6.36. The van der Waals surface area contributed by atoms with E-state index in [0.29, 0.717) is 6.54 Å². The van der Waals surface area contributed by atoms with Crippen LogP contribution in [-0.4, -0.2) is 29.4 Å². The fourth-order valence-corrected chi connectivity index (χ4v) is 2.44. The van der Waals surface area contributed by atoms with Crippen LogP contribution >= 0.6 is 0 Å². The molecule has 5 nitrogen and oxygen atoms in total. The molecule has 22 heavy (non-hydrogen) atoms. The smallest absolute Gasteiger partial charge is 0.315 e. The first-order chi connectivity index (χ1) is 10.4. The fraction of sp³-hybridized carbons (Fsp3) is 0.588. The van der Waals surface area contributed by atoms with Gasteiger partial charge in [-0.3, -0.25) is 0 Å². The van der Waals surface area contributed by atoms with Crippen LogP contribution in [0.3, 0.4) is 0 Å². The number of urea groups is 1. The van der Waals surface area contributed by atoms with E-state index in [2.05, 4.69) is 10.6 Å². The maximum absolute atomic E-state index is 11.9. The van der Waals surface area contributed by atoms with Crippen LogP contribution in [0.4, 0.5) is 4.79 Å². The normalized spacial score (nSPS) is 17.5. The van der Waals surface area contributed by atoms with Crippen molar-refractivity contribution in [3.63, 3.8) is 0 Å². The summed E-state index contributed by atoms with van der Waals surface area (Å²) in [5, 5.41) is 15.6. The molecule has 5 heteroatoms. The third-order valence-electron chi connectivity index (χ3n) is 3.96. The van der Waals surface area contributed by atoms with Crippen LogP contribution in [0, 0.1) is 0 Å². The Morgan fingerprint density at radius 1 is 1.27 bits per heavy atom. The van der Waals surface area contributed by atoms with E-state index in [4.69, 9.17) is 4.74 Å². The third kappa shape index (κ3) is 4.63. The number of amides is 2. The summed E-state index contributed by atoms with van der Waals surface area (Å²) in [6, 6.07) is 7.34. The highest BCUT2D eigenvalue weighted by molar-refractivity contribution is 5.74. The van der Waals surface area contributed by atoms with Gasteiger partial charge in [0, 0.05) is 6.54 Å². The maximum atomic E-state index is 11.9. The Kier molecular flexibility index (Phi) is 5.29. The highest BCUT2D eigenvalue weighted by atomic mass is 16.5. The molecule has 122 valence electrons. The first-order valence-electron chi connectivity index (χ1n) is 7.91. The molecule has 0 heterocycles. The minimum absolute atomic E-state index is 0.107. The molecule has 1 unspecified atom stereocenters. The molecule has 1 atom stereocenters. The van der Waals surface area contributed by atoms with Crippen LogP contribution in [0.2, 0.25) is 0 Å². The van der Waals surface area contributed by atoms with Crippen molar-refractivity contribution in [2.24, 2.45) is 0 Å². The van der Waals surface area contributed by atoms with Crippen LogP contribution in [0.5, 0.6) is 5.75 Å². The zero-order valence-electron chi connectivity index (χ0n) is 13.6. The number of carbonyl (C=O) groups is 1. The van der Waals surface area contributed by atoms with Gasteiger partial charge in [0.2, 0.25) is 0 Å². The van der Waals surface area contributed by atoms with Gasteiger partial charge in [0.25, 0.3) is 0 Å². The SMILES string of the molecule is CC(C)Oc1ccc(C(C)NC(=O)NCC2(O)CCC2)cc1. The monoisotopic (exact) mass is 306 g/mol. The predicted octanol–water partition coefficient (Wildman–Crippen LogP) is 2.75. The van der Waals surface area contributed by atoms with Crippen molar-refractivity contribution < 1.29 is 14.6 Å². The summed E-state index contributed by atoms with van der Waals surface area (Å²) in [7, 11) is 0. The fourth-order valence-electron chi connectivity index (χ4n) is 2.44. The van der Waals surface area contributed by atoms with Gasteiger partial charge in [-0.15, -0.1) is 0 Å². The molecular formula is C17H26N2O3. The minimum Gasteiger partial charge on any atom is -0.491 e. The average Bonchev–Trinajstić information content (AvgIpc) is 2.43. The molecule has 0 spiro atoms. The van der Waals surface area contributed by atoms with Gasteiger partial charge in [-0.25, -0.2) is 4.79 Å². The van der Waals surface area contributed by atoms with Gasteiger partial charge in [0.1, 0.15) is 5.75 Å². The van der Waals surface area contributed by atoms with Crippen molar-refractivity contribution >= 4 is 6.03 Å². The van der Waals surface area contributed by atoms with Crippen LogP contribution in [0.1, 0.15) is 51.6 Å². The molecule has 0 saturated heterocycles. The minimum atomic E-state index is -0.698. The molecule has 2 rings (SSSR count). The van der Waals surface area contributed by atoms with E-state index >= 15 is 0 Å². The molecule has 1 aromatic rings. The van der Waals surface area contributed by atoms with Gasteiger partial charge in [-0.2, -0.15) is 0 Å². The molecule has 0 aliphatic heterocycles. The quantitative estimate of drug-likeness (QED) is 0.757. The third-order valence-corrected chi connectivity index (χ3v) is 3.96. The molecule has 0 bridgehead atoms. The Bertz CT molecular complexity index is 495.